The number of imide groups is 1. The largest absolute Gasteiger partial charge is 0.298 e. The molecular weight excluding hydrogens is 410 g/mol. The fourth-order valence-electron chi connectivity index (χ4n) is 3.45. The molecule has 0 bridgehead atoms. The van der Waals surface area contributed by atoms with Crippen molar-refractivity contribution >= 4 is 39.9 Å². The normalized spacial score (nSPS) is 12.7. The van der Waals surface area contributed by atoms with Crippen LogP contribution < -0.4 is 10.2 Å². The van der Waals surface area contributed by atoms with Crippen molar-refractivity contribution < 1.29 is 14.4 Å². The summed E-state index contributed by atoms with van der Waals surface area (Å²) in [5.74, 6) is -1.16. The Bertz CT molecular complexity index is 1300. The van der Waals surface area contributed by atoms with Gasteiger partial charge in [0.15, 0.2) is 5.13 Å². The van der Waals surface area contributed by atoms with Gasteiger partial charge in [0, 0.05) is 16.5 Å². The first-order valence-electron chi connectivity index (χ1n) is 9.52. The lowest BCUT2D eigenvalue weighted by atomic mass is 10.1. The summed E-state index contributed by atoms with van der Waals surface area (Å²) in [5.41, 5.74) is 3.14. The molecule has 3 aromatic carbocycles. The standard InChI is InChI=1S/C24H15N3O3S/c28-21(26-24-25-20(14-31-24)15-7-2-1-3-8-15)16-9-6-10-17(13-16)27-22(29)18-11-4-5-12-19(18)23(27)30/h1-14H,(H,25,26,28). The van der Waals surface area contributed by atoms with E-state index in [-0.39, 0.29) is 5.91 Å². The first-order valence-corrected chi connectivity index (χ1v) is 10.4. The first-order chi connectivity index (χ1) is 15.1. The molecule has 150 valence electrons. The molecule has 0 spiro atoms. The molecule has 0 fully saturated rings. The van der Waals surface area contributed by atoms with E-state index in [0.29, 0.717) is 27.5 Å². The van der Waals surface area contributed by atoms with E-state index in [4.69, 9.17) is 0 Å². The number of nitrogens with one attached hydrogen (secondary N) is 1. The van der Waals surface area contributed by atoms with Gasteiger partial charge in [-0.05, 0) is 30.3 Å². The number of carbonyl (C=O) groups is 3. The number of amides is 3. The third-order valence-corrected chi connectivity index (χ3v) is 5.71. The van der Waals surface area contributed by atoms with Crippen molar-refractivity contribution in [3.05, 3.63) is 101 Å². The van der Waals surface area contributed by atoms with Gasteiger partial charge in [0.1, 0.15) is 0 Å². The molecule has 1 aliphatic heterocycles. The minimum Gasteiger partial charge on any atom is -0.298 e. The van der Waals surface area contributed by atoms with E-state index in [1.807, 2.05) is 35.7 Å². The minimum absolute atomic E-state index is 0.325. The lowest BCUT2D eigenvalue weighted by Crippen LogP contribution is -2.29. The van der Waals surface area contributed by atoms with Crippen LogP contribution in [0.3, 0.4) is 0 Å². The van der Waals surface area contributed by atoms with Gasteiger partial charge in [0.25, 0.3) is 17.7 Å². The van der Waals surface area contributed by atoms with E-state index in [2.05, 4.69) is 10.3 Å². The number of thiazole rings is 1. The number of rotatable bonds is 4. The van der Waals surface area contributed by atoms with Crippen LogP contribution in [-0.2, 0) is 0 Å². The SMILES string of the molecule is O=C(Nc1nc(-c2ccccc2)cs1)c1cccc(N2C(=O)c3ccccc3C2=O)c1. The van der Waals surface area contributed by atoms with Gasteiger partial charge < -0.3 is 0 Å². The van der Waals surface area contributed by atoms with Crippen LogP contribution in [0.5, 0.6) is 0 Å². The maximum atomic E-state index is 12.8. The zero-order chi connectivity index (χ0) is 21.4. The van der Waals surface area contributed by atoms with Crippen LogP contribution in [0.25, 0.3) is 11.3 Å². The molecule has 0 radical (unpaired) electrons. The van der Waals surface area contributed by atoms with E-state index in [1.165, 1.54) is 17.4 Å². The second-order valence-electron chi connectivity index (χ2n) is 6.90. The molecule has 2 heterocycles. The van der Waals surface area contributed by atoms with E-state index in [9.17, 15) is 14.4 Å². The van der Waals surface area contributed by atoms with E-state index >= 15 is 0 Å². The van der Waals surface area contributed by atoms with Crippen molar-refractivity contribution in [2.45, 2.75) is 0 Å². The molecule has 0 atom stereocenters. The minimum atomic E-state index is -0.398. The first kappa shape index (κ1) is 18.9. The van der Waals surface area contributed by atoms with Crippen molar-refractivity contribution in [2.75, 3.05) is 10.2 Å². The maximum Gasteiger partial charge on any atom is 0.266 e. The summed E-state index contributed by atoms with van der Waals surface area (Å²) < 4.78 is 0. The molecule has 1 N–H and O–H groups in total. The summed E-state index contributed by atoms with van der Waals surface area (Å²) in [4.78, 5) is 43.8. The van der Waals surface area contributed by atoms with Crippen LogP contribution in [0.15, 0.2) is 84.2 Å². The highest BCUT2D eigenvalue weighted by Gasteiger charge is 2.36. The van der Waals surface area contributed by atoms with Crippen LogP contribution in [0.4, 0.5) is 10.8 Å². The number of aromatic nitrogens is 1. The summed E-state index contributed by atoms with van der Waals surface area (Å²) in [6, 6.07) is 22.8. The van der Waals surface area contributed by atoms with Gasteiger partial charge in [0.05, 0.1) is 22.5 Å². The summed E-state index contributed by atoms with van der Waals surface area (Å²) in [5, 5.41) is 5.13. The molecular formula is C24H15N3O3S. The third-order valence-electron chi connectivity index (χ3n) is 4.95. The lowest BCUT2D eigenvalue weighted by molar-refractivity contribution is 0.0924. The van der Waals surface area contributed by atoms with Crippen LogP contribution in [0, 0.1) is 0 Å². The molecule has 0 saturated carbocycles. The Labute approximate surface area is 181 Å². The highest BCUT2D eigenvalue weighted by molar-refractivity contribution is 7.14. The Balaban J connectivity index is 1.38. The third kappa shape index (κ3) is 3.41. The predicted molar refractivity (Wildman–Crippen MR) is 120 cm³/mol. The number of hydrogen-bond donors (Lipinski definition) is 1. The Hall–Kier alpha value is -4.10. The summed E-state index contributed by atoms with van der Waals surface area (Å²) in [6.07, 6.45) is 0. The van der Waals surface area contributed by atoms with Gasteiger partial charge >= 0.3 is 0 Å². The van der Waals surface area contributed by atoms with Crippen molar-refractivity contribution in [3.63, 3.8) is 0 Å². The number of nitrogens with zero attached hydrogens (tertiary/aromatic N) is 2. The fraction of sp³-hybridized carbons (Fsp3) is 0. The van der Waals surface area contributed by atoms with E-state index in [1.54, 1.807) is 42.5 Å². The van der Waals surface area contributed by atoms with Crippen molar-refractivity contribution in [3.8, 4) is 11.3 Å². The smallest absolute Gasteiger partial charge is 0.266 e. The summed E-state index contributed by atoms with van der Waals surface area (Å²) >= 11 is 1.33. The highest BCUT2D eigenvalue weighted by Crippen LogP contribution is 2.29. The number of carbonyl (C=O) groups excluding carboxylic acids is 3. The average Bonchev–Trinajstić information content (AvgIpc) is 3.37. The zero-order valence-corrected chi connectivity index (χ0v) is 16.9. The molecule has 0 unspecified atom stereocenters. The Morgan fingerprint density at radius 2 is 1.52 bits per heavy atom. The molecule has 6 nitrogen and oxygen atoms in total. The van der Waals surface area contributed by atoms with Crippen molar-refractivity contribution in [1.29, 1.82) is 0 Å². The van der Waals surface area contributed by atoms with Gasteiger partial charge in [0.2, 0.25) is 0 Å². The van der Waals surface area contributed by atoms with Gasteiger partial charge in [-0.3, -0.25) is 19.7 Å². The van der Waals surface area contributed by atoms with Crippen molar-refractivity contribution in [2.24, 2.45) is 0 Å². The van der Waals surface area contributed by atoms with Gasteiger partial charge in [-0.15, -0.1) is 11.3 Å². The van der Waals surface area contributed by atoms with E-state index in [0.717, 1.165) is 16.2 Å². The molecule has 1 aliphatic rings. The number of anilines is 2. The average molecular weight is 425 g/mol. The second kappa shape index (κ2) is 7.62. The summed E-state index contributed by atoms with van der Waals surface area (Å²) in [7, 11) is 0. The predicted octanol–water partition coefficient (Wildman–Crippen LogP) is 4.86. The molecule has 4 aromatic rings. The summed E-state index contributed by atoms with van der Waals surface area (Å²) in [6.45, 7) is 0. The Morgan fingerprint density at radius 1 is 0.839 bits per heavy atom. The van der Waals surface area contributed by atoms with Crippen LogP contribution >= 0.6 is 11.3 Å². The van der Waals surface area contributed by atoms with Crippen LogP contribution in [0.2, 0.25) is 0 Å². The Kier molecular flexibility index (Phi) is 4.65. The van der Waals surface area contributed by atoms with E-state index < -0.39 is 11.8 Å². The van der Waals surface area contributed by atoms with Gasteiger partial charge in [-0.25, -0.2) is 9.88 Å². The second-order valence-corrected chi connectivity index (χ2v) is 7.76. The lowest BCUT2D eigenvalue weighted by Gasteiger charge is -2.14. The topological polar surface area (TPSA) is 79.4 Å². The number of fused-ring (bicyclic) bond motifs is 1. The molecule has 0 aliphatic carbocycles. The molecule has 5 rings (SSSR count). The van der Waals surface area contributed by atoms with Crippen LogP contribution in [-0.4, -0.2) is 22.7 Å². The quantitative estimate of drug-likeness (QED) is 0.474. The van der Waals surface area contributed by atoms with Crippen LogP contribution in [0.1, 0.15) is 31.1 Å². The molecule has 7 heteroatoms. The van der Waals surface area contributed by atoms with Crippen molar-refractivity contribution in [1.82, 2.24) is 4.98 Å². The van der Waals surface area contributed by atoms with Gasteiger partial charge in [-0.2, -0.15) is 0 Å². The fourth-order valence-corrected chi connectivity index (χ4v) is 4.17. The number of benzene rings is 3. The molecule has 31 heavy (non-hydrogen) atoms. The zero-order valence-electron chi connectivity index (χ0n) is 16.1. The maximum absolute atomic E-state index is 12.8. The molecule has 1 aromatic heterocycles. The Morgan fingerprint density at radius 3 is 2.23 bits per heavy atom. The monoisotopic (exact) mass is 425 g/mol. The number of hydrogen-bond acceptors (Lipinski definition) is 5. The molecule has 0 saturated heterocycles. The highest BCUT2D eigenvalue weighted by atomic mass is 32.1. The van der Waals surface area contributed by atoms with Gasteiger partial charge in [-0.1, -0.05) is 48.5 Å². The molecule has 3 amide bonds.